The molecule has 184 valence electrons. The summed E-state index contributed by atoms with van der Waals surface area (Å²) in [5, 5.41) is 16.4. The lowest BCUT2D eigenvalue weighted by atomic mass is 10.1. The van der Waals surface area contributed by atoms with Crippen LogP contribution in [-0.4, -0.2) is 107 Å². The summed E-state index contributed by atoms with van der Waals surface area (Å²) in [6.07, 6.45) is 0.661. The number of ether oxygens (including phenoxy) is 4. The molecule has 13 heteroatoms. The molecule has 0 fully saturated rings. The Morgan fingerprint density at radius 2 is 1.41 bits per heavy atom. The van der Waals surface area contributed by atoms with Crippen molar-refractivity contribution in [2.45, 2.75) is 25.8 Å². The third kappa shape index (κ3) is 19.4. The number of Topliss-reactive ketones (excluding diaryl/α,β-unsaturated/α-hetero) is 1. The number of rotatable bonds is 22. The number of carboxylic acids is 1. The van der Waals surface area contributed by atoms with Gasteiger partial charge in [0.1, 0.15) is 25.0 Å². The van der Waals surface area contributed by atoms with Gasteiger partial charge in [-0.25, -0.2) is 4.79 Å². The van der Waals surface area contributed by atoms with E-state index in [9.17, 15) is 24.0 Å². The maximum Gasteiger partial charge on any atom is 0.326 e. The number of ketones is 1. The van der Waals surface area contributed by atoms with E-state index in [-0.39, 0.29) is 70.7 Å². The van der Waals surface area contributed by atoms with Crippen LogP contribution in [0.25, 0.3) is 0 Å². The molecule has 0 aliphatic carbocycles. The second-order valence-corrected chi connectivity index (χ2v) is 6.45. The van der Waals surface area contributed by atoms with Crippen molar-refractivity contribution < 1.29 is 48.0 Å². The molecule has 1 atom stereocenters. The highest BCUT2D eigenvalue weighted by Gasteiger charge is 2.20. The number of hydrogen-bond donors (Lipinski definition) is 4. The molecule has 0 rings (SSSR count). The van der Waals surface area contributed by atoms with E-state index >= 15 is 0 Å². The van der Waals surface area contributed by atoms with Crippen molar-refractivity contribution >= 4 is 30.0 Å². The minimum atomic E-state index is -1.22. The van der Waals surface area contributed by atoms with E-state index in [4.69, 9.17) is 24.1 Å². The Morgan fingerprint density at radius 3 is 1.97 bits per heavy atom. The average Bonchev–Trinajstić information content (AvgIpc) is 2.74. The first-order chi connectivity index (χ1) is 15.4. The highest BCUT2D eigenvalue weighted by molar-refractivity contribution is 5.85. The zero-order chi connectivity index (χ0) is 24.0. The molecule has 0 saturated heterocycles. The van der Waals surface area contributed by atoms with E-state index < -0.39 is 17.9 Å². The van der Waals surface area contributed by atoms with Crippen LogP contribution in [0.15, 0.2) is 0 Å². The summed E-state index contributed by atoms with van der Waals surface area (Å²) >= 11 is 0. The molecular formula is C19H33N3O10. The number of nitrogens with one attached hydrogen (secondary N) is 3. The largest absolute Gasteiger partial charge is 0.480 e. The van der Waals surface area contributed by atoms with E-state index in [0.717, 1.165) is 0 Å². The topological polar surface area (TPSA) is 179 Å². The molecule has 0 heterocycles. The van der Waals surface area contributed by atoms with E-state index in [1.807, 2.05) is 0 Å². The van der Waals surface area contributed by atoms with Gasteiger partial charge in [-0.2, -0.15) is 0 Å². The van der Waals surface area contributed by atoms with Crippen LogP contribution < -0.4 is 16.0 Å². The van der Waals surface area contributed by atoms with Crippen molar-refractivity contribution in [2.24, 2.45) is 0 Å². The summed E-state index contributed by atoms with van der Waals surface area (Å²) < 4.78 is 20.6. The molecule has 32 heavy (non-hydrogen) atoms. The Bertz CT molecular complexity index is 574. The lowest BCUT2D eigenvalue weighted by molar-refractivity contribution is -0.143. The average molecular weight is 463 g/mol. The van der Waals surface area contributed by atoms with Gasteiger partial charge in [-0.3, -0.25) is 14.4 Å². The first-order valence-corrected chi connectivity index (χ1v) is 10.1. The van der Waals surface area contributed by atoms with Crippen LogP contribution in [0.1, 0.15) is 19.8 Å². The predicted octanol–water partition coefficient (Wildman–Crippen LogP) is -2.15. The molecule has 0 bridgehead atoms. The van der Waals surface area contributed by atoms with Gasteiger partial charge in [0.2, 0.25) is 18.2 Å². The van der Waals surface area contributed by atoms with Gasteiger partial charge in [-0.1, -0.05) is 0 Å². The number of carbonyl (C=O) groups excluding carboxylic acids is 4. The van der Waals surface area contributed by atoms with Gasteiger partial charge < -0.3 is 44.8 Å². The highest BCUT2D eigenvalue weighted by atomic mass is 16.5. The fourth-order valence-corrected chi connectivity index (χ4v) is 2.11. The molecule has 0 radical (unpaired) electrons. The summed E-state index contributed by atoms with van der Waals surface area (Å²) in [5.41, 5.74) is 0. The molecule has 0 aliphatic heterocycles. The van der Waals surface area contributed by atoms with Gasteiger partial charge in [-0.15, -0.1) is 0 Å². The molecule has 13 nitrogen and oxygen atoms in total. The summed E-state index contributed by atoms with van der Waals surface area (Å²) in [5.74, 6) is -2.28. The minimum absolute atomic E-state index is 0.0181. The fraction of sp³-hybridized carbons (Fsp3) is 0.737. The van der Waals surface area contributed by atoms with Gasteiger partial charge >= 0.3 is 5.97 Å². The third-order valence-electron chi connectivity index (χ3n) is 3.67. The summed E-state index contributed by atoms with van der Waals surface area (Å²) in [6, 6.07) is -1.14. The van der Waals surface area contributed by atoms with Crippen LogP contribution >= 0.6 is 0 Å². The van der Waals surface area contributed by atoms with Crippen LogP contribution in [0.4, 0.5) is 0 Å². The predicted molar refractivity (Wildman–Crippen MR) is 110 cm³/mol. The molecular weight excluding hydrogens is 430 g/mol. The smallest absolute Gasteiger partial charge is 0.326 e. The maximum atomic E-state index is 11.7. The Kier molecular flexibility index (Phi) is 18.6. The molecule has 4 N–H and O–H groups in total. The van der Waals surface area contributed by atoms with Crippen LogP contribution in [0.2, 0.25) is 0 Å². The van der Waals surface area contributed by atoms with Crippen LogP contribution in [0, 0.1) is 0 Å². The Labute approximate surface area is 186 Å². The lowest BCUT2D eigenvalue weighted by Gasteiger charge is -2.14. The number of carbonyl (C=O) groups is 5. The molecule has 0 spiro atoms. The van der Waals surface area contributed by atoms with Crippen molar-refractivity contribution in [2.75, 3.05) is 65.9 Å². The lowest BCUT2D eigenvalue weighted by Crippen LogP contribution is -2.42. The molecule has 1 unspecified atom stereocenters. The van der Waals surface area contributed by atoms with E-state index in [1.165, 1.54) is 6.92 Å². The third-order valence-corrected chi connectivity index (χ3v) is 3.67. The van der Waals surface area contributed by atoms with Crippen molar-refractivity contribution in [3.8, 4) is 0 Å². The Hall–Kier alpha value is -2.61. The van der Waals surface area contributed by atoms with E-state index in [0.29, 0.717) is 26.2 Å². The van der Waals surface area contributed by atoms with E-state index in [2.05, 4.69) is 16.0 Å². The normalized spacial score (nSPS) is 11.4. The molecule has 0 aliphatic rings. The van der Waals surface area contributed by atoms with Gasteiger partial charge in [0, 0.05) is 19.5 Å². The highest BCUT2D eigenvalue weighted by Crippen LogP contribution is 1.99. The number of amides is 3. The van der Waals surface area contributed by atoms with Crippen molar-refractivity contribution in [1.82, 2.24) is 16.0 Å². The Morgan fingerprint density at radius 1 is 0.844 bits per heavy atom. The van der Waals surface area contributed by atoms with Crippen molar-refractivity contribution in [3.05, 3.63) is 0 Å². The quantitative estimate of drug-likeness (QED) is 0.102. The minimum Gasteiger partial charge on any atom is -0.480 e. The molecule has 0 saturated carbocycles. The van der Waals surface area contributed by atoms with Crippen molar-refractivity contribution in [1.29, 1.82) is 0 Å². The Balaban J connectivity index is 3.56. The zero-order valence-electron chi connectivity index (χ0n) is 18.3. The summed E-state index contributed by atoms with van der Waals surface area (Å²) in [6.45, 7) is 3.04. The second-order valence-electron chi connectivity index (χ2n) is 6.45. The van der Waals surface area contributed by atoms with Crippen LogP contribution in [0.5, 0.6) is 0 Å². The van der Waals surface area contributed by atoms with Gasteiger partial charge in [-0.05, 0) is 13.3 Å². The van der Waals surface area contributed by atoms with Gasteiger partial charge in [0.15, 0.2) is 0 Å². The van der Waals surface area contributed by atoms with Crippen LogP contribution in [0.3, 0.4) is 0 Å². The standard InChI is InChI=1S/C19H33N3O10/c1-15(24)2-3-16(19(27)28)22-18(26)13-32-11-9-30-7-5-21-17(25)12-31-10-8-29-6-4-20-14-23/h14,16H,2-13H2,1H3,(H,20,23)(H,21,25)(H,22,26)(H,27,28). The molecule has 0 aromatic rings. The summed E-state index contributed by atoms with van der Waals surface area (Å²) in [4.78, 5) is 55.2. The number of aliphatic carboxylic acids is 1. The first kappa shape index (κ1) is 29.4. The first-order valence-electron chi connectivity index (χ1n) is 10.1. The number of carboxylic acid groups (broad SMARTS) is 1. The monoisotopic (exact) mass is 463 g/mol. The zero-order valence-corrected chi connectivity index (χ0v) is 18.3. The SMILES string of the molecule is CC(=O)CCC(NC(=O)COCCOCCNC(=O)COCCOCCNC=O)C(=O)O. The van der Waals surface area contributed by atoms with Crippen LogP contribution in [-0.2, 0) is 42.9 Å². The molecule has 3 amide bonds. The molecule has 0 aromatic carbocycles. The van der Waals surface area contributed by atoms with Crippen molar-refractivity contribution in [3.63, 3.8) is 0 Å². The summed E-state index contributed by atoms with van der Waals surface area (Å²) in [7, 11) is 0. The fourth-order valence-electron chi connectivity index (χ4n) is 2.11. The van der Waals surface area contributed by atoms with Gasteiger partial charge in [0.05, 0.1) is 39.6 Å². The maximum absolute atomic E-state index is 11.7. The number of hydrogen-bond acceptors (Lipinski definition) is 9. The second kappa shape index (κ2) is 20.3. The molecule has 0 aromatic heterocycles. The van der Waals surface area contributed by atoms with Gasteiger partial charge in [0.25, 0.3) is 0 Å². The van der Waals surface area contributed by atoms with E-state index in [1.54, 1.807) is 0 Å².